The molecule has 1 aliphatic heterocycles. The molecule has 6 nitrogen and oxygen atoms in total. The van der Waals surface area contributed by atoms with E-state index in [0.29, 0.717) is 43.7 Å². The van der Waals surface area contributed by atoms with Gasteiger partial charge in [-0.15, -0.1) is 0 Å². The van der Waals surface area contributed by atoms with E-state index in [9.17, 15) is 13.2 Å². The van der Waals surface area contributed by atoms with Crippen LogP contribution in [0.25, 0.3) is 0 Å². The van der Waals surface area contributed by atoms with E-state index in [1.54, 1.807) is 19.1 Å². The molecule has 7 heteroatoms. The van der Waals surface area contributed by atoms with Crippen molar-refractivity contribution in [1.82, 2.24) is 9.62 Å². The van der Waals surface area contributed by atoms with Crippen molar-refractivity contribution in [3.8, 4) is 5.75 Å². The SMILES string of the molecule is COc1ccc(C)c(S(=O)(=O)N2CCC[C@H]2C(=O)NCCc2ccccc2)c1. The normalized spacial score (nSPS) is 17.4. The predicted molar refractivity (Wildman–Crippen MR) is 108 cm³/mol. The van der Waals surface area contributed by atoms with Gasteiger partial charge in [0.15, 0.2) is 0 Å². The first-order valence-electron chi connectivity index (χ1n) is 9.41. The number of carbonyl (C=O) groups is 1. The van der Waals surface area contributed by atoms with Crippen molar-refractivity contribution in [3.05, 3.63) is 59.7 Å². The second-order valence-electron chi connectivity index (χ2n) is 6.93. The zero-order chi connectivity index (χ0) is 20.1. The number of rotatable bonds is 7. The van der Waals surface area contributed by atoms with Crippen LogP contribution >= 0.6 is 0 Å². The van der Waals surface area contributed by atoms with Crippen LogP contribution in [0.2, 0.25) is 0 Å². The Bertz CT molecular complexity index is 929. The zero-order valence-corrected chi connectivity index (χ0v) is 17.0. The van der Waals surface area contributed by atoms with Gasteiger partial charge in [0, 0.05) is 19.2 Å². The van der Waals surface area contributed by atoms with Crippen LogP contribution in [0.15, 0.2) is 53.4 Å². The molecule has 0 radical (unpaired) electrons. The molecule has 28 heavy (non-hydrogen) atoms. The van der Waals surface area contributed by atoms with Crippen molar-refractivity contribution in [3.63, 3.8) is 0 Å². The van der Waals surface area contributed by atoms with Crippen LogP contribution in [0.4, 0.5) is 0 Å². The van der Waals surface area contributed by atoms with Gasteiger partial charge in [0.1, 0.15) is 11.8 Å². The number of nitrogens with zero attached hydrogens (tertiary/aromatic N) is 1. The minimum absolute atomic E-state index is 0.191. The Labute approximate surface area is 166 Å². The minimum atomic E-state index is -3.78. The molecule has 0 saturated carbocycles. The van der Waals surface area contributed by atoms with E-state index in [0.717, 1.165) is 5.56 Å². The fourth-order valence-corrected chi connectivity index (χ4v) is 5.39. The quantitative estimate of drug-likeness (QED) is 0.772. The van der Waals surface area contributed by atoms with Crippen LogP contribution in [0, 0.1) is 6.92 Å². The Balaban J connectivity index is 1.72. The molecule has 0 spiro atoms. The number of methoxy groups -OCH3 is 1. The molecule has 1 heterocycles. The Morgan fingerprint density at radius 1 is 1.21 bits per heavy atom. The summed E-state index contributed by atoms with van der Waals surface area (Å²) in [6.45, 7) is 2.57. The molecule has 1 amide bonds. The molecule has 1 N–H and O–H groups in total. The Hall–Kier alpha value is -2.38. The molecule has 0 aromatic heterocycles. The van der Waals surface area contributed by atoms with Gasteiger partial charge in [-0.1, -0.05) is 36.4 Å². The highest BCUT2D eigenvalue weighted by Gasteiger charge is 2.40. The summed E-state index contributed by atoms with van der Waals surface area (Å²) in [4.78, 5) is 12.9. The number of nitrogens with one attached hydrogen (secondary N) is 1. The van der Waals surface area contributed by atoms with E-state index in [1.165, 1.54) is 17.5 Å². The minimum Gasteiger partial charge on any atom is -0.497 e. The second kappa shape index (κ2) is 8.75. The lowest BCUT2D eigenvalue weighted by Gasteiger charge is -2.24. The average Bonchev–Trinajstić information content (AvgIpc) is 3.20. The van der Waals surface area contributed by atoms with Crippen molar-refractivity contribution in [1.29, 1.82) is 0 Å². The lowest BCUT2D eigenvalue weighted by molar-refractivity contribution is -0.124. The highest BCUT2D eigenvalue weighted by molar-refractivity contribution is 7.89. The fourth-order valence-electron chi connectivity index (χ4n) is 3.49. The van der Waals surface area contributed by atoms with Crippen LogP contribution in [-0.2, 0) is 21.2 Å². The van der Waals surface area contributed by atoms with Gasteiger partial charge in [-0.3, -0.25) is 4.79 Å². The first-order chi connectivity index (χ1) is 13.4. The highest BCUT2D eigenvalue weighted by atomic mass is 32.2. The molecule has 0 aliphatic carbocycles. The maximum atomic E-state index is 13.2. The molecule has 0 unspecified atom stereocenters. The van der Waals surface area contributed by atoms with Gasteiger partial charge in [-0.05, 0) is 43.4 Å². The van der Waals surface area contributed by atoms with Crippen molar-refractivity contribution in [2.45, 2.75) is 37.1 Å². The standard InChI is InChI=1S/C21H26N2O4S/c1-16-10-11-18(27-2)15-20(16)28(25,26)23-14-6-9-19(23)21(24)22-13-12-17-7-4-3-5-8-17/h3-5,7-8,10-11,15,19H,6,9,12-14H2,1-2H3,(H,22,24)/t19-/m0/s1. The Morgan fingerprint density at radius 3 is 2.68 bits per heavy atom. The maximum Gasteiger partial charge on any atom is 0.244 e. The topological polar surface area (TPSA) is 75.7 Å². The molecule has 150 valence electrons. The summed E-state index contributed by atoms with van der Waals surface area (Å²) < 4.78 is 32.9. The molecule has 1 saturated heterocycles. The van der Waals surface area contributed by atoms with E-state index in [-0.39, 0.29) is 10.8 Å². The number of ether oxygens (including phenoxy) is 1. The molecule has 2 aromatic rings. The van der Waals surface area contributed by atoms with Gasteiger partial charge < -0.3 is 10.1 Å². The first-order valence-corrected chi connectivity index (χ1v) is 10.9. The first kappa shape index (κ1) is 20.4. The molecule has 1 aliphatic rings. The summed E-state index contributed by atoms with van der Waals surface area (Å²) in [5.41, 5.74) is 1.77. The third kappa shape index (κ3) is 4.36. The number of sulfonamides is 1. The summed E-state index contributed by atoms with van der Waals surface area (Å²) in [6, 6.07) is 14.2. The monoisotopic (exact) mass is 402 g/mol. The number of amides is 1. The number of aryl methyl sites for hydroxylation is 1. The molecular formula is C21H26N2O4S. The summed E-state index contributed by atoms with van der Waals surface area (Å²) >= 11 is 0. The van der Waals surface area contributed by atoms with Gasteiger partial charge in [-0.25, -0.2) is 8.42 Å². The van der Waals surface area contributed by atoms with E-state index in [1.807, 2.05) is 30.3 Å². The smallest absolute Gasteiger partial charge is 0.244 e. The van der Waals surface area contributed by atoms with Gasteiger partial charge in [0.05, 0.1) is 12.0 Å². The van der Waals surface area contributed by atoms with Crippen molar-refractivity contribution in [2.24, 2.45) is 0 Å². The van der Waals surface area contributed by atoms with Crippen molar-refractivity contribution < 1.29 is 17.9 Å². The van der Waals surface area contributed by atoms with E-state index < -0.39 is 16.1 Å². The average molecular weight is 403 g/mol. The number of carbonyl (C=O) groups excluding carboxylic acids is 1. The van der Waals surface area contributed by atoms with E-state index in [2.05, 4.69) is 5.32 Å². The van der Waals surface area contributed by atoms with Gasteiger partial charge in [-0.2, -0.15) is 4.31 Å². The van der Waals surface area contributed by atoms with Crippen LogP contribution in [0.3, 0.4) is 0 Å². The number of benzene rings is 2. The van der Waals surface area contributed by atoms with Crippen molar-refractivity contribution >= 4 is 15.9 Å². The molecule has 2 aromatic carbocycles. The Morgan fingerprint density at radius 2 is 1.96 bits per heavy atom. The summed E-state index contributed by atoms with van der Waals surface area (Å²) in [6.07, 6.45) is 1.90. The highest BCUT2D eigenvalue weighted by Crippen LogP contribution is 2.30. The predicted octanol–water partition coefficient (Wildman–Crippen LogP) is 2.52. The molecule has 0 bridgehead atoms. The van der Waals surface area contributed by atoms with Crippen LogP contribution in [0.5, 0.6) is 5.75 Å². The van der Waals surface area contributed by atoms with E-state index >= 15 is 0 Å². The third-order valence-electron chi connectivity index (χ3n) is 5.04. The lowest BCUT2D eigenvalue weighted by atomic mass is 10.1. The largest absolute Gasteiger partial charge is 0.497 e. The van der Waals surface area contributed by atoms with Crippen molar-refractivity contribution in [2.75, 3.05) is 20.2 Å². The molecule has 1 atom stereocenters. The number of hydrogen-bond acceptors (Lipinski definition) is 4. The van der Waals surface area contributed by atoms with Gasteiger partial charge in [0.2, 0.25) is 15.9 Å². The van der Waals surface area contributed by atoms with Crippen LogP contribution in [-0.4, -0.2) is 44.9 Å². The van der Waals surface area contributed by atoms with Gasteiger partial charge in [0.25, 0.3) is 0 Å². The second-order valence-corrected chi connectivity index (χ2v) is 8.79. The summed E-state index contributed by atoms with van der Waals surface area (Å²) in [5, 5.41) is 2.89. The summed E-state index contributed by atoms with van der Waals surface area (Å²) in [5.74, 6) is 0.241. The lowest BCUT2D eigenvalue weighted by Crippen LogP contribution is -2.46. The van der Waals surface area contributed by atoms with Gasteiger partial charge >= 0.3 is 0 Å². The third-order valence-corrected chi connectivity index (χ3v) is 7.09. The molecule has 1 fully saturated rings. The maximum absolute atomic E-state index is 13.2. The zero-order valence-electron chi connectivity index (χ0n) is 16.2. The molecular weight excluding hydrogens is 376 g/mol. The van der Waals surface area contributed by atoms with Crippen LogP contribution < -0.4 is 10.1 Å². The summed E-state index contributed by atoms with van der Waals surface area (Å²) in [7, 11) is -2.28. The molecule has 3 rings (SSSR count). The number of hydrogen-bond donors (Lipinski definition) is 1. The fraction of sp³-hybridized carbons (Fsp3) is 0.381. The van der Waals surface area contributed by atoms with Crippen LogP contribution in [0.1, 0.15) is 24.0 Å². The Kier molecular flexibility index (Phi) is 6.36. The van der Waals surface area contributed by atoms with E-state index in [4.69, 9.17) is 4.74 Å².